The van der Waals surface area contributed by atoms with E-state index in [4.69, 9.17) is 0 Å². The summed E-state index contributed by atoms with van der Waals surface area (Å²) in [6, 6.07) is 0. The number of allylic oxidation sites excluding steroid dienone is 6. The van der Waals surface area contributed by atoms with E-state index in [0.717, 1.165) is 0 Å². The summed E-state index contributed by atoms with van der Waals surface area (Å²) in [6.07, 6.45) is 10.1. The smallest absolute Gasteiger partial charge is 0.00925 e. The molecule has 1 fully saturated rings. The van der Waals surface area contributed by atoms with E-state index in [1.807, 2.05) is 0 Å². The van der Waals surface area contributed by atoms with Crippen molar-refractivity contribution in [3.05, 3.63) is 35.5 Å². The molecule has 0 aromatic rings. The largest absolute Gasteiger partial charge is 0.0877 e. The Balaban J connectivity index is 3.23. The van der Waals surface area contributed by atoms with Crippen LogP contribution in [0.2, 0.25) is 0 Å². The summed E-state index contributed by atoms with van der Waals surface area (Å²) < 4.78 is 0. The Morgan fingerprint density at radius 2 is 1.47 bits per heavy atom. The molecule has 1 aliphatic rings. The molecule has 0 bridgehead atoms. The molecule has 0 heterocycles. The summed E-state index contributed by atoms with van der Waals surface area (Å²) in [5.74, 6) is 0. The predicted molar refractivity (Wildman–Crippen MR) is 68.8 cm³/mol. The highest BCUT2D eigenvalue weighted by atomic mass is 14.5. The van der Waals surface area contributed by atoms with Crippen LogP contribution in [0, 0.1) is 10.8 Å². The molecule has 15 heavy (non-hydrogen) atoms. The van der Waals surface area contributed by atoms with Crippen molar-refractivity contribution in [1.82, 2.24) is 0 Å². The second-order valence-corrected chi connectivity index (χ2v) is 5.75. The number of hydrogen-bond donors (Lipinski definition) is 0. The molecule has 0 radical (unpaired) electrons. The Kier molecular flexibility index (Phi) is 3.28. The van der Waals surface area contributed by atoms with E-state index in [9.17, 15) is 0 Å². The molecule has 0 aromatic carbocycles. The van der Waals surface area contributed by atoms with E-state index >= 15 is 0 Å². The third-order valence-electron chi connectivity index (χ3n) is 3.38. The van der Waals surface area contributed by atoms with Crippen LogP contribution in [0.1, 0.15) is 48.0 Å². The lowest BCUT2D eigenvalue weighted by molar-refractivity contribution is 0.338. The Bertz CT molecular complexity index is 322. The van der Waals surface area contributed by atoms with Crippen molar-refractivity contribution in [1.29, 1.82) is 0 Å². The van der Waals surface area contributed by atoms with Gasteiger partial charge in [-0.1, -0.05) is 52.0 Å². The molecule has 0 spiro atoms. The van der Waals surface area contributed by atoms with Crippen LogP contribution in [-0.4, -0.2) is 0 Å². The molecule has 1 aliphatic carbocycles. The normalized spacial score (nSPS) is 29.5. The molecule has 0 aliphatic heterocycles. The lowest BCUT2D eigenvalue weighted by Gasteiger charge is -2.21. The Morgan fingerprint density at radius 1 is 0.933 bits per heavy atom. The highest BCUT2D eigenvalue weighted by molar-refractivity contribution is 5.46. The second kappa shape index (κ2) is 4.00. The molecule has 0 amide bonds. The van der Waals surface area contributed by atoms with Gasteiger partial charge in [-0.05, 0) is 42.2 Å². The zero-order valence-corrected chi connectivity index (χ0v) is 11.0. The molecule has 0 N–H and O–H groups in total. The Labute approximate surface area is 94.8 Å². The number of rotatable bonds is 1. The molecule has 0 heteroatoms. The van der Waals surface area contributed by atoms with Gasteiger partial charge in [-0.2, -0.15) is 0 Å². The summed E-state index contributed by atoms with van der Waals surface area (Å²) in [4.78, 5) is 0. The Hall–Kier alpha value is -0.780. The summed E-state index contributed by atoms with van der Waals surface area (Å²) in [5, 5.41) is 0. The summed E-state index contributed by atoms with van der Waals surface area (Å²) in [6.45, 7) is 13.6. The monoisotopic (exact) mass is 204 g/mol. The van der Waals surface area contributed by atoms with Crippen LogP contribution in [0.4, 0.5) is 0 Å². The lowest BCUT2D eigenvalue weighted by Crippen LogP contribution is -2.11. The van der Waals surface area contributed by atoms with Crippen molar-refractivity contribution in [2.75, 3.05) is 0 Å². The van der Waals surface area contributed by atoms with Gasteiger partial charge in [-0.15, -0.1) is 0 Å². The molecular weight excluding hydrogens is 180 g/mol. The first-order valence-corrected chi connectivity index (χ1v) is 5.86. The lowest BCUT2D eigenvalue weighted by atomic mass is 9.83. The fourth-order valence-corrected chi connectivity index (χ4v) is 3.08. The SMILES string of the molecule is C\C=C/C=C1\C(=C/C)C(C)(C)CC1(C)C. The van der Waals surface area contributed by atoms with Crippen LogP contribution in [0.15, 0.2) is 35.5 Å². The fourth-order valence-electron chi connectivity index (χ4n) is 3.08. The minimum atomic E-state index is 0.310. The molecule has 0 nitrogen and oxygen atoms in total. The Morgan fingerprint density at radius 3 is 1.93 bits per heavy atom. The third-order valence-corrected chi connectivity index (χ3v) is 3.38. The highest BCUT2D eigenvalue weighted by Gasteiger charge is 2.43. The maximum atomic E-state index is 2.35. The molecule has 0 atom stereocenters. The molecular formula is C15H24. The standard InChI is InChI=1S/C15H24/c1-7-9-10-13-12(8-2)14(3,4)11-15(13,5)6/h7-10H,11H2,1-6H3/b9-7-,12-8+,13-10+. The van der Waals surface area contributed by atoms with Gasteiger partial charge in [0.25, 0.3) is 0 Å². The zero-order valence-electron chi connectivity index (χ0n) is 11.0. The molecule has 1 saturated carbocycles. The minimum Gasteiger partial charge on any atom is -0.0877 e. The van der Waals surface area contributed by atoms with Crippen LogP contribution < -0.4 is 0 Å². The maximum absolute atomic E-state index is 2.35. The predicted octanol–water partition coefficient (Wildman–Crippen LogP) is 4.89. The van der Waals surface area contributed by atoms with Crippen molar-refractivity contribution in [3.63, 3.8) is 0 Å². The van der Waals surface area contributed by atoms with Gasteiger partial charge in [0.2, 0.25) is 0 Å². The van der Waals surface area contributed by atoms with Crippen molar-refractivity contribution in [3.8, 4) is 0 Å². The summed E-state index contributed by atoms with van der Waals surface area (Å²) in [5.41, 5.74) is 3.66. The molecule has 84 valence electrons. The van der Waals surface area contributed by atoms with Gasteiger partial charge in [0, 0.05) is 0 Å². The molecule has 1 rings (SSSR count). The van der Waals surface area contributed by atoms with Gasteiger partial charge in [0.05, 0.1) is 0 Å². The zero-order chi connectivity index (χ0) is 11.7. The second-order valence-electron chi connectivity index (χ2n) is 5.75. The van der Waals surface area contributed by atoms with Crippen LogP contribution in [0.25, 0.3) is 0 Å². The number of hydrogen-bond acceptors (Lipinski definition) is 0. The van der Waals surface area contributed by atoms with Gasteiger partial charge < -0.3 is 0 Å². The topological polar surface area (TPSA) is 0 Å². The van der Waals surface area contributed by atoms with Crippen molar-refractivity contribution < 1.29 is 0 Å². The van der Waals surface area contributed by atoms with E-state index in [1.54, 1.807) is 0 Å². The van der Waals surface area contributed by atoms with Crippen LogP contribution in [0.3, 0.4) is 0 Å². The first-order chi connectivity index (χ1) is 6.85. The van der Waals surface area contributed by atoms with E-state index in [1.165, 1.54) is 17.6 Å². The van der Waals surface area contributed by atoms with Gasteiger partial charge in [-0.3, -0.25) is 0 Å². The summed E-state index contributed by atoms with van der Waals surface area (Å²) in [7, 11) is 0. The molecule has 0 unspecified atom stereocenters. The van der Waals surface area contributed by atoms with Gasteiger partial charge in [-0.25, -0.2) is 0 Å². The van der Waals surface area contributed by atoms with Gasteiger partial charge >= 0.3 is 0 Å². The quantitative estimate of drug-likeness (QED) is 0.570. The first kappa shape index (κ1) is 12.3. The van der Waals surface area contributed by atoms with Gasteiger partial charge in [0.1, 0.15) is 0 Å². The van der Waals surface area contributed by atoms with Crippen molar-refractivity contribution >= 4 is 0 Å². The average Bonchev–Trinajstić information content (AvgIpc) is 2.26. The molecule has 0 saturated heterocycles. The maximum Gasteiger partial charge on any atom is -0.00925 e. The van der Waals surface area contributed by atoms with E-state index in [0.29, 0.717) is 10.8 Å². The molecule has 0 aromatic heterocycles. The van der Waals surface area contributed by atoms with Gasteiger partial charge in [0.15, 0.2) is 0 Å². The van der Waals surface area contributed by atoms with Crippen molar-refractivity contribution in [2.45, 2.75) is 48.0 Å². The third kappa shape index (κ3) is 2.25. The summed E-state index contributed by atoms with van der Waals surface area (Å²) >= 11 is 0. The van der Waals surface area contributed by atoms with Crippen LogP contribution in [0.5, 0.6) is 0 Å². The van der Waals surface area contributed by atoms with E-state index in [2.05, 4.69) is 65.8 Å². The first-order valence-electron chi connectivity index (χ1n) is 5.86. The average molecular weight is 204 g/mol. The highest BCUT2D eigenvalue weighted by Crippen LogP contribution is 2.55. The van der Waals surface area contributed by atoms with Crippen molar-refractivity contribution in [2.24, 2.45) is 10.8 Å². The fraction of sp³-hybridized carbons (Fsp3) is 0.600. The minimum absolute atomic E-state index is 0.310. The van der Waals surface area contributed by atoms with Crippen LogP contribution >= 0.6 is 0 Å². The van der Waals surface area contributed by atoms with E-state index in [-0.39, 0.29) is 0 Å². The van der Waals surface area contributed by atoms with Crippen LogP contribution in [-0.2, 0) is 0 Å². The van der Waals surface area contributed by atoms with E-state index < -0.39 is 0 Å².